The Bertz CT molecular complexity index is 1010. The fraction of sp³-hybridized carbons (Fsp3) is 0.600. The molecule has 0 fully saturated rings. The van der Waals surface area contributed by atoms with Crippen molar-refractivity contribution < 1.29 is 19.1 Å². The van der Waals surface area contributed by atoms with Crippen LogP contribution in [0.25, 0.3) is 0 Å². The van der Waals surface area contributed by atoms with Crippen molar-refractivity contribution in [1.29, 1.82) is 0 Å². The third-order valence-electron chi connectivity index (χ3n) is 7.87. The molecule has 2 aromatic rings. The smallest absolute Gasteiger partial charge is 0.261 e. The molecule has 2 atom stereocenters. The molecule has 1 heterocycles. The summed E-state index contributed by atoms with van der Waals surface area (Å²) < 4.78 is 12.4. The van der Waals surface area contributed by atoms with Gasteiger partial charge in [-0.15, -0.1) is 0 Å². The maximum absolute atomic E-state index is 13.0. The second-order valence-electron chi connectivity index (χ2n) is 12.7. The summed E-state index contributed by atoms with van der Waals surface area (Å²) in [7, 11) is 0. The summed E-state index contributed by atoms with van der Waals surface area (Å²) in [4.78, 5) is 27.3. The van der Waals surface area contributed by atoms with E-state index in [1.54, 1.807) is 24.3 Å². The molecule has 5 nitrogen and oxygen atoms in total. The fourth-order valence-corrected chi connectivity index (χ4v) is 5.25. The van der Waals surface area contributed by atoms with Crippen LogP contribution in [0.1, 0.15) is 119 Å². The molecular formula is C35H51NO4. The molecule has 0 saturated heterocycles. The molecule has 0 spiro atoms. The number of hydrogen-bond acceptors (Lipinski definition) is 4. The minimum Gasteiger partial charge on any atom is -0.493 e. The van der Waals surface area contributed by atoms with Crippen LogP contribution < -0.4 is 9.47 Å². The molecule has 0 aromatic heterocycles. The topological polar surface area (TPSA) is 55.8 Å². The van der Waals surface area contributed by atoms with E-state index in [-0.39, 0.29) is 18.4 Å². The molecule has 0 bridgehead atoms. The van der Waals surface area contributed by atoms with Gasteiger partial charge >= 0.3 is 0 Å². The fourth-order valence-electron chi connectivity index (χ4n) is 5.25. The van der Waals surface area contributed by atoms with Crippen molar-refractivity contribution in [2.75, 3.05) is 13.2 Å². The first kappa shape index (κ1) is 31.7. The Labute approximate surface area is 242 Å². The van der Waals surface area contributed by atoms with Crippen molar-refractivity contribution >= 4 is 11.8 Å². The Morgan fingerprint density at radius 3 is 1.50 bits per heavy atom. The van der Waals surface area contributed by atoms with Crippen molar-refractivity contribution in [2.24, 2.45) is 23.7 Å². The van der Waals surface area contributed by atoms with Crippen LogP contribution >= 0.6 is 0 Å². The Morgan fingerprint density at radius 1 is 0.625 bits per heavy atom. The van der Waals surface area contributed by atoms with Crippen LogP contribution in [0, 0.1) is 23.7 Å². The molecule has 5 heteroatoms. The number of carbonyl (C=O) groups excluding carboxylic acids is 2. The minimum atomic E-state index is -0.250. The number of benzene rings is 2. The van der Waals surface area contributed by atoms with Crippen molar-refractivity contribution in [3.05, 3.63) is 59.2 Å². The van der Waals surface area contributed by atoms with E-state index in [2.05, 4.69) is 41.5 Å². The van der Waals surface area contributed by atoms with Gasteiger partial charge in [-0.25, -0.2) is 0 Å². The molecule has 0 saturated carbocycles. The Kier molecular flexibility index (Phi) is 12.5. The molecule has 2 aromatic carbocycles. The van der Waals surface area contributed by atoms with Crippen LogP contribution in [0.5, 0.6) is 11.5 Å². The van der Waals surface area contributed by atoms with E-state index in [0.717, 1.165) is 41.7 Å². The molecule has 2 amide bonds. The van der Waals surface area contributed by atoms with Gasteiger partial charge in [0.05, 0.1) is 30.9 Å². The number of ether oxygens (including phenoxy) is 2. The summed E-state index contributed by atoms with van der Waals surface area (Å²) in [5, 5.41) is 0. The van der Waals surface area contributed by atoms with Gasteiger partial charge < -0.3 is 9.47 Å². The third-order valence-corrected chi connectivity index (χ3v) is 7.87. The SMILES string of the molecule is CC(C)CCCC(C)CCOc1cc(CN2C(=O)c3ccccc3C2=O)cc(OCCC(C)CCCC(C)C)c1. The number of rotatable bonds is 18. The number of hydrogen-bond donors (Lipinski definition) is 0. The second-order valence-corrected chi connectivity index (χ2v) is 12.7. The number of fused-ring (bicyclic) bond motifs is 1. The van der Waals surface area contributed by atoms with Crippen LogP contribution in [0.4, 0.5) is 0 Å². The molecule has 2 unspecified atom stereocenters. The van der Waals surface area contributed by atoms with Gasteiger partial charge in [0.2, 0.25) is 0 Å². The summed E-state index contributed by atoms with van der Waals surface area (Å²) >= 11 is 0. The molecule has 0 radical (unpaired) electrons. The third kappa shape index (κ3) is 9.98. The van der Waals surface area contributed by atoms with Gasteiger partial charge in [-0.3, -0.25) is 14.5 Å². The van der Waals surface area contributed by atoms with Gasteiger partial charge in [-0.05, 0) is 66.3 Å². The lowest BCUT2D eigenvalue weighted by Gasteiger charge is -2.18. The highest BCUT2D eigenvalue weighted by atomic mass is 16.5. The molecule has 0 N–H and O–H groups in total. The lowest BCUT2D eigenvalue weighted by atomic mass is 9.98. The average Bonchev–Trinajstić information content (AvgIpc) is 3.13. The molecule has 1 aliphatic heterocycles. The zero-order valence-corrected chi connectivity index (χ0v) is 25.7. The zero-order valence-electron chi connectivity index (χ0n) is 25.7. The first-order valence-electron chi connectivity index (χ1n) is 15.5. The standard InChI is InChI=1S/C35H51NO4/c1-25(2)11-9-13-27(5)17-19-39-30-21-29(24-36-34(37)32-15-7-8-16-33(32)35(36)38)22-31(23-30)40-20-18-28(6)14-10-12-26(3)4/h7-8,15-16,21-23,25-28H,9-14,17-20,24H2,1-6H3. The van der Waals surface area contributed by atoms with E-state index in [1.165, 1.54) is 43.4 Å². The van der Waals surface area contributed by atoms with Gasteiger partial charge in [0.25, 0.3) is 11.8 Å². The van der Waals surface area contributed by atoms with Gasteiger partial charge in [-0.1, -0.05) is 92.2 Å². The van der Waals surface area contributed by atoms with Gasteiger partial charge in [-0.2, -0.15) is 0 Å². The van der Waals surface area contributed by atoms with Crippen LogP contribution in [-0.2, 0) is 6.54 Å². The average molecular weight is 550 g/mol. The van der Waals surface area contributed by atoms with Gasteiger partial charge in [0.1, 0.15) is 11.5 Å². The highest BCUT2D eigenvalue weighted by Gasteiger charge is 2.35. The quantitative estimate of drug-likeness (QED) is 0.174. The first-order chi connectivity index (χ1) is 19.1. The Hall–Kier alpha value is -2.82. The summed E-state index contributed by atoms with van der Waals surface area (Å²) in [5.41, 5.74) is 1.76. The van der Waals surface area contributed by atoms with Crippen molar-refractivity contribution in [1.82, 2.24) is 4.90 Å². The predicted molar refractivity (Wildman–Crippen MR) is 163 cm³/mol. The molecule has 1 aliphatic rings. The first-order valence-corrected chi connectivity index (χ1v) is 15.5. The molecule has 3 rings (SSSR count). The molecular weight excluding hydrogens is 498 g/mol. The van der Waals surface area contributed by atoms with Crippen LogP contribution in [0.3, 0.4) is 0 Å². The van der Waals surface area contributed by atoms with Crippen molar-refractivity contribution in [3.63, 3.8) is 0 Å². The normalized spacial score (nSPS) is 14.7. The predicted octanol–water partition coefficient (Wildman–Crippen LogP) is 8.95. The maximum atomic E-state index is 13.0. The number of imide groups is 1. The lowest BCUT2D eigenvalue weighted by Crippen LogP contribution is -2.29. The summed E-state index contributed by atoms with van der Waals surface area (Å²) in [6.45, 7) is 15.1. The minimum absolute atomic E-state index is 0.192. The monoisotopic (exact) mass is 549 g/mol. The van der Waals surface area contributed by atoms with E-state index in [9.17, 15) is 9.59 Å². The maximum Gasteiger partial charge on any atom is 0.261 e. The van der Waals surface area contributed by atoms with E-state index in [1.807, 2.05) is 18.2 Å². The zero-order chi connectivity index (χ0) is 29.1. The van der Waals surface area contributed by atoms with Gasteiger partial charge in [0.15, 0.2) is 0 Å². The van der Waals surface area contributed by atoms with E-state index < -0.39 is 0 Å². The summed E-state index contributed by atoms with van der Waals surface area (Å²) in [6, 6.07) is 12.8. The van der Waals surface area contributed by atoms with Crippen LogP contribution in [0.2, 0.25) is 0 Å². The van der Waals surface area contributed by atoms with E-state index in [0.29, 0.717) is 36.2 Å². The molecule has 40 heavy (non-hydrogen) atoms. The lowest BCUT2D eigenvalue weighted by molar-refractivity contribution is 0.0642. The second kappa shape index (κ2) is 15.8. The summed E-state index contributed by atoms with van der Waals surface area (Å²) in [6.07, 6.45) is 9.45. The largest absolute Gasteiger partial charge is 0.493 e. The number of amides is 2. The molecule has 0 aliphatic carbocycles. The van der Waals surface area contributed by atoms with E-state index >= 15 is 0 Å². The van der Waals surface area contributed by atoms with E-state index in [4.69, 9.17) is 9.47 Å². The van der Waals surface area contributed by atoms with Gasteiger partial charge in [0, 0.05) is 6.07 Å². The van der Waals surface area contributed by atoms with Crippen LogP contribution in [-0.4, -0.2) is 29.9 Å². The van der Waals surface area contributed by atoms with Crippen LogP contribution in [0.15, 0.2) is 42.5 Å². The Morgan fingerprint density at radius 2 is 1.07 bits per heavy atom. The Balaban J connectivity index is 1.63. The van der Waals surface area contributed by atoms with Crippen molar-refractivity contribution in [2.45, 2.75) is 99.5 Å². The summed E-state index contributed by atoms with van der Waals surface area (Å²) in [5.74, 6) is 3.65. The highest BCUT2D eigenvalue weighted by molar-refractivity contribution is 6.21. The number of carbonyl (C=O) groups is 2. The highest BCUT2D eigenvalue weighted by Crippen LogP contribution is 2.29. The van der Waals surface area contributed by atoms with Crippen molar-refractivity contribution in [3.8, 4) is 11.5 Å². The number of nitrogens with zero attached hydrogens (tertiary/aromatic N) is 1. The molecule has 220 valence electrons.